The number of amides is 1. The second kappa shape index (κ2) is 8.22. The lowest BCUT2D eigenvalue weighted by Gasteiger charge is -2.32. The van der Waals surface area contributed by atoms with Gasteiger partial charge in [-0.1, -0.05) is 20.8 Å². The number of hydrogen-bond donors (Lipinski definition) is 3. The summed E-state index contributed by atoms with van der Waals surface area (Å²) in [4.78, 5) is 23.0. The summed E-state index contributed by atoms with van der Waals surface area (Å²) in [5.41, 5.74) is 4.74. The lowest BCUT2D eigenvalue weighted by Crippen LogP contribution is -2.44. The molecular formula is C15H30N2O4. The maximum absolute atomic E-state index is 11.9. The molecule has 0 spiro atoms. The standard InChI is InChI=1S/C15H30N2O4/c1-14(2,3)10-15(4,5)21-13(20)17-11(12(18)19)8-6-7-9-16/h11H,6-10,16H2,1-5H3,(H,17,20)(H,18,19)/t11-/m0/s1. The van der Waals surface area contributed by atoms with Gasteiger partial charge in [-0.15, -0.1) is 0 Å². The molecule has 1 atom stereocenters. The minimum Gasteiger partial charge on any atom is -0.480 e. The first-order chi connectivity index (χ1) is 9.47. The van der Waals surface area contributed by atoms with Crippen molar-refractivity contribution < 1.29 is 19.4 Å². The van der Waals surface area contributed by atoms with Gasteiger partial charge in [-0.2, -0.15) is 0 Å². The zero-order chi connectivity index (χ0) is 16.7. The molecule has 0 aromatic carbocycles. The molecule has 4 N–H and O–H groups in total. The number of ether oxygens (including phenoxy) is 1. The van der Waals surface area contributed by atoms with E-state index < -0.39 is 23.7 Å². The number of nitrogens with two attached hydrogens (primary N) is 1. The van der Waals surface area contributed by atoms with E-state index in [0.717, 1.165) is 6.42 Å². The van der Waals surface area contributed by atoms with Crippen LogP contribution >= 0.6 is 0 Å². The van der Waals surface area contributed by atoms with E-state index in [9.17, 15) is 9.59 Å². The van der Waals surface area contributed by atoms with Crippen LogP contribution in [0.3, 0.4) is 0 Å². The fourth-order valence-electron chi connectivity index (χ4n) is 2.49. The molecule has 21 heavy (non-hydrogen) atoms. The van der Waals surface area contributed by atoms with Crippen molar-refractivity contribution in [3.63, 3.8) is 0 Å². The van der Waals surface area contributed by atoms with Crippen LogP contribution in [0.5, 0.6) is 0 Å². The van der Waals surface area contributed by atoms with Crippen LogP contribution in [-0.4, -0.2) is 35.4 Å². The van der Waals surface area contributed by atoms with Crippen molar-refractivity contribution in [1.82, 2.24) is 5.32 Å². The van der Waals surface area contributed by atoms with Gasteiger partial charge < -0.3 is 20.9 Å². The third kappa shape index (κ3) is 10.1. The molecule has 124 valence electrons. The van der Waals surface area contributed by atoms with Gasteiger partial charge in [0.2, 0.25) is 0 Å². The maximum atomic E-state index is 11.9. The molecule has 1 amide bonds. The summed E-state index contributed by atoms with van der Waals surface area (Å²) in [6.07, 6.45) is 1.72. The normalized spacial score (nSPS) is 13.6. The number of nitrogens with one attached hydrogen (secondary N) is 1. The molecule has 0 aliphatic heterocycles. The van der Waals surface area contributed by atoms with E-state index in [4.69, 9.17) is 15.6 Å². The number of carboxylic acids is 1. The molecule has 0 bridgehead atoms. The molecule has 0 saturated heterocycles. The number of aliphatic carboxylic acids is 1. The highest BCUT2D eigenvalue weighted by atomic mass is 16.6. The van der Waals surface area contributed by atoms with Crippen molar-refractivity contribution in [2.75, 3.05) is 6.54 Å². The minimum atomic E-state index is -1.06. The predicted molar refractivity (Wildman–Crippen MR) is 82.1 cm³/mol. The van der Waals surface area contributed by atoms with Gasteiger partial charge in [0, 0.05) is 0 Å². The average molecular weight is 302 g/mol. The number of unbranched alkanes of at least 4 members (excludes halogenated alkanes) is 1. The fourth-order valence-corrected chi connectivity index (χ4v) is 2.49. The minimum absolute atomic E-state index is 0.0110. The van der Waals surface area contributed by atoms with E-state index in [1.54, 1.807) is 0 Å². The highest BCUT2D eigenvalue weighted by Crippen LogP contribution is 2.29. The van der Waals surface area contributed by atoms with Crippen LogP contribution in [0.4, 0.5) is 4.79 Å². The Morgan fingerprint density at radius 2 is 1.76 bits per heavy atom. The Morgan fingerprint density at radius 1 is 1.19 bits per heavy atom. The molecule has 0 aliphatic rings. The third-order valence-electron chi connectivity index (χ3n) is 2.86. The van der Waals surface area contributed by atoms with E-state index in [1.165, 1.54) is 0 Å². The van der Waals surface area contributed by atoms with Crippen LogP contribution < -0.4 is 11.1 Å². The Kier molecular flexibility index (Phi) is 7.71. The summed E-state index contributed by atoms with van der Waals surface area (Å²) in [6, 6.07) is -0.936. The summed E-state index contributed by atoms with van der Waals surface area (Å²) in [5, 5.41) is 11.5. The van der Waals surface area contributed by atoms with Crippen LogP contribution in [0.2, 0.25) is 0 Å². The van der Waals surface area contributed by atoms with Crippen LogP contribution in [0.25, 0.3) is 0 Å². The quantitative estimate of drug-likeness (QED) is 0.598. The molecule has 6 heteroatoms. The molecular weight excluding hydrogens is 272 g/mol. The van der Waals surface area contributed by atoms with Crippen LogP contribution in [0.1, 0.15) is 60.3 Å². The summed E-state index contributed by atoms with van der Waals surface area (Å²) >= 11 is 0. The molecule has 0 unspecified atom stereocenters. The first-order valence-corrected chi connectivity index (χ1v) is 7.39. The second-order valence-corrected chi connectivity index (χ2v) is 7.21. The molecule has 0 aromatic heterocycles. The summed E-state index contributed by atoms with van der Waals surface area (Å²) in [6.45, 7) is 10.3. The van der Waals surface area contributed by atoms with Crippen molar-refractivity contribution >= 4 is 12.1 Å². The molecule has 0 rings (SSSR count). The molecule has 0 saturated carbocycles. The van der Waals surface area contributed by atoms with Crippen molar-refractivity contribution in [1.29, 1.82) is 0 Å². The van der Waals surface area contributed by atoms with E-state index in [0.29, 0.717) is 25.8 Å². The summed E-state index contributed by atoms with van der Waals surface area (Å²) in [5.74, 6) is -1.06. The van der Waals surface area contributed by atoms with Gasteiger partial charge in [0.15, 0.2) is 0 Å². The van der Waals surface area contributed by atoms with Crippen molar-refractivity contribution in [2.45, 2.75) is 71.9 Å². The Balaban J connectivity index is 4.46. The van der Waals surface area contributed by atoms with Gasteiger partial charge >= 0.3 is 12.1 Å². The highest BCUT2D eigenvalue weighted by Gasteiger charge is 2.30. The highest BCUT2D eigenvalue weighted by molar-refractivity contribution is 5.79. The molecule has 0 heterocycles. The molecule has 0 radical (unpaired) electrons. The SMILES string of the molecule is CC(C)(C)CC(C)(C)OC(=O)N[C@@H](CCCCN)C(=O)O. The summed E-state index contributed by atoms with van der Waals surface area (Å²) < 4.78 is 5.36. The first kappa shape index (κ1) is 19.7. The zero-order valence-electron chi connectivity index (χ0n) is 13.9. The van der Waals surface area contributed by atoms with Gasteiger partial charge in [-0.25, -0.2) is 9.59 Å². The van der Waals surface area contributed by atoms with Crippen LogP contribution in [0.15, 0.2) is 0 Å². The van der Waals surface area contributed by atoms with Crippen LogP contribution in [-0.2, 0) is 9.53 Å². The lowest BCUT2D eigenvalue weighted by atomic mass is 9.84. The van der Waals surface area contributed by atoms with Crippen LogP contribution in [0, 0.1) is 5.41 Å². The van der Waals surface area contributed by atoms with Gasteiger partial charge in [-0.05, 0) is 51.5 Å². The largest absolute Gasteiger partial charge is 0.480 e. The topological polar surface area (TPSA) is 102 Å². The fraction of sp³-hybridized carbons (Fsp3) is 0.867. The molecule has 0 aliphatic carbocycles. The maximum Gasteiger partial charge on any atom is 0.408 e. The molecule has 0 fully saturated rings. The van der Waals surface area contributed by atoms with E-state index >= 15 is 0 Å². The lowest BCUT2D eigenvalue weighted by molar-refractivity contribution is -0.139. The first-order valence-electron chi connectivity index (χ1n) is 7.39. The zero-order valence-corrected chi connectivity index (χ0v) is 13.9. The number of carbonyl (C=O) groups excluding carboxylic acids is 1. The number of rotatable bonds is 8. The monoisotopic (exact) mass is 302 g/mol. The molecule has 0 aromatic rings. The van der Waals surface area contributed by atoms with E-state index in [2.05, 4.69) is 26.1 Å². The Bertz CT molecular complexity index is 348. The summed E-state index contributed by atoms with van der Waals surface area (Å²) in [7, 11) is 0. The van der Waals surface area contributed by atoms with E-state index in [-0.39, 0.29) is 5.41 Å². The molecule has 6 nitrogen and oxygen atoms in total. The second-order valence-electron chi connectivity index (χ2n) is 7.21. The average Bonchev–Trinajstić information content (AvgIpc) is 2.23. The van der Waals surface area contributed by atoms with Gasteiger partial charge in [-0.3, -0.25) is 0 Å². The Labute approximate surface area is 127 Å². The number of alkyl carbamates (subject to hydrolysis) is 1. The smallest absolute Gasteiger partial charge is 0.408 e. The van der Waals surface area contributed by atoms with Crippen molar-refractivity contribution in [2.24, 2.45) is 11.1 Å². The van der Waals surface area contributed by atoms with Gasteiger partial charge in [0.1, 0.15) is 11.6 Å². The van der Waals surface area contributed by atoms with Crippen molar-refractivity contribution in [3.8, 4) is 0 Å². The predicted octanol–water partition coefficient (Wildman–Crippen LogP) is 2.51. The Hall–Kier alpha value is -1.30. The number of carbonyl (C=O) groups is 2. The van der Waals surface area contributed by atoms with E-state index in [1.807, 2.05) is 13.8 Å². The third-order valence-corrected chi connectivity index (χ3v) is 2.86. The number of hydrogen-bond acceptors (Lipinski definition) is 4. The van der Waals surface area contributed by atoms with Gasteiger partial charge in [0.25, 0.3) is 0 Å². The number of carboxylic acid groups (broad SMARTS) is 1. The Morgan fingerprint density at radius 3 is 2.19 bits per heavy atom. The van der Waals surface area contributed by atoms with Crippen molar-refractivity contribution in [3.05, 3.63) is 0 Å². The van der Waals surface area contributed by atoms with Gasteiger partial charge in [0.05, 0.1) is 0 Å².